The molecule has 0 aliphatic rings. The standard InChI is InChI=1S/C13H19NO2Si/c1-10-6-7-12(15-2)11(8-10)13(9-14)16-17(3,4)5/h6-8,13H,1-5H3/t13-/m0/s1. The van der Waals surface area contributed by atoms with Crippen molar-refractivity contribution in [3.8, 4) is 11.8 Å². The highest BCUT2D eigenvalue weighted by molar-refractivity contribution is 6.69. The summed E-state index contributed by atoms with van der Waals surface area (Å²) in [6, 6.07) is 8.00. The molecule has 0 aliphatic heterocycles. The smallest absolute Gasteiger partial charge is 0.186 e. The molecule has 0 N–H and O–H groups in total. The minimum Gasteiger partial charge on any atom is -0.496 e. The maximum atomic E-state index is 9.25. The molecule has 0 saturated heterocycles. The molecular formula is C13H19NO2Si. The Hall–Kier alpha value is -1.31. The van der Waals surface area contributed by atoms with Gasteiger partial charge in [0.1, 0.15) is 5.75 Å². The first-order valence-electron chi connectivity index (χ1n) is 5.59. The molecule has 0 aromatic heterocycles. The average molecular weight is 249 g/mol. The Balaban J connectivity index is 3.11. The summed E-state index contributed by atoms with van der Waals surface area (Å²) < 4.78 is 11.2. The van der Waals surface area contributed by atoms with Gasteiger partial charge in [0, 0.05) is 5.56 Å². The molecule has 0 aliphatic carbocycles. The van der Waals surface area contributed by atoms with Crippen LogP contribution in [0.15, 0.2) is 18.2 Å². The lowest BCUT2D eigenvalue weighted by atomic mass is 10.1. The summed E-state index contributed by atoms with van der Waals surface area (Å²) in [6.07, 6.45) is -0.545. The van der Waals surface area contributed by atoms with Gasteiger partial charge in [-0.3, -0.25) is 0 Å². The zero-order valence-corrected chi connectivity index (χ0v) is 12.1. The second-order valence-corrected chi connectivity index (χ2v) is 9.45. The van der Waals surface area contributed by atoms with Crippen LogP contribution in [0.2, 0.25) is 19.6 Å². The molecule has 3 nitrogen and oxygen atoms in total. The summed E-state index contributed by atoms with van der Waals surface area (Å²) in [4.78, 5) is 0. The first kappa shape index (κ1) is 13.8. The number of methoxy groups -OCH3 is 1. The van der Waals surface area contributed by atoms with Crippen LogP contribution in [0.4, 0.5) is 0 Å². The lowest BCUT2D eigenvalue weighted by molar-refractivity contribution is 0.248. The zero-order valence-electron chi connectivity index (χ0n) is 11.1. The van der Waals surface area contributed by atoms with E-state index in [1.54, 1.807) is 7.11 Å². The second-order valence-electron chi connectivity index (χ2n) is 4.98. The third-order valence-corrected chi connectivity index (χ3v) is 3.20. The third-order valence-electron chi connectivity index (χ3n) is 2.26. The molecule has 0 bridgehead atoms. The lowest BCUT2D eigenvalue weighted by Gasteiger charge is -2.23. The van der Waals surface area contributed by atoms with E-state index in [9.17, 15) is 5.26 Å². The first-order valence-corrected chi connectivity index (χ1v) is 9.00. The van der Waals surface area contributed by atoms with Gasteiger partial charge in [-0.1, -0.05) is 11.6 Å². The van der Waals surface area contributed by atoms with Gasteiger partial charge >= 0.3 is 0 Å². The Bertz CT molecular complexity index is 432. The van der Waals surface area contributed by atoms with E-state index in [1.807, 2.05) is 25.1 Å². The van der Waals surface area contributed by atoms with Crippen LogP contribution in [0.5, 0.6) is 5.75 Å². The predicted molar refractivity (Wildman–Crippen MR) is 70.5 cm³/mol. The second kappa shape index (κ2) is 5.35. The minimum absolute atomic E-state index is 0.545. The van der Waals surface area contributed by atoms with Crippen LogP contribution in [0.1, 0.15) is 17.2 Å². The van der Waals surface area contributed by atoms with E-state index < -0.39 is 14.4 Å². The topological polar surface area (TPSA) is 42.2 Å². The Kier molecular flexibility index (Phi) is 4.32. The Morgan fingerprint density at radius 2 is 1.94 bits per heavy atom. The molecule has 0 unspecified atom stereocenters. The monoisotopic (exact) mass is 249 g/mol. The van der Waals surface area contributed by atoms with Crippen LogP contribution in [-0.2, 0) is 4.43 Å². The van der Waals surface area contributed by atoms with Gasteiger partial charge in [0.15, 0.2) is 14.4 Å². The van der Waals surface area contributed by atoms with E-state index in [1.165, 1.54) is 0 Å². The van der Waals surface area contributed by atoms with Crippen LogP contribution < -0.4 is 4.74 Å². The first-order chi connectivity index (χ1) is 7.87. The average Bonchev–Trinajstić information content (AvgIpc) is 2.24. The fourth-order valence-electron chi connectivity index (χ4n) is 1.57. The lowest BCUT2D eigenvalue weighted by Crippen LogP contribution is -2.27. The van der Waals surface area contributed by atoms with E-state index in [0.717, 1.165) is 11.1 Å². The van der Waals surface area contributed by atoms with Gasteiger partial charge in [-0.05, 0) is 38.7 Å². The van der Waals surface area contributed by atoms with E-state index in [2.05, 4.69) is 25.7 Å². The summed E-state index contributed by atoms with van der Waals surface area (Å²) in [7, 11) is -0.147. The summed E-state index contributed by atoms with van der Waals surface area (Å²) in [5.74, 6) is 0.709. The highest BCUT2D eigenvalue weighted by Gasteiger charge is 2.24. The van der Waals surface area contributed by atoms with Gasteiger partial charge in [-0.2, -0.15) is 5.26 Å². The Morgan fingerprint density at radius 1 is 1.29 bits per heavy atom. The van der Waals surface area contributed by atoms with Crippen molar-refractivity contribution in [1.29, 1.82) is 5.26 Å². The van der Waals surface area contributed by atoms with Crippen molar-refractivity contribution in [3.63, 3.8) is 0 Å². The molecule has 0 radical (unpaired) electrons. The van der Waals surface area contributed by atoms with Crippen LogP contribution in [0.25, 0.3) is 0 Å². The Labute approximate surface area is 104 Å². The number of hydrogen-bond acceptors (Lipinski definition) is 3. The molecule has 1 aromatic rings. The van der Waals surface area contributed by atoms with E-state index in [4.69, 9.17) is 9.16 Å². The fraction of sp³-hybridized carbons (Fsp3) is 0.462. The molecule has 92 valence electrons. The van der Waals surface area contributed by atoms with Crippen molar-refractivity contribution in [2.45, 2.75) is 32.7 Å². The number of ether oxygens (including phenoxy) is 1. The molecule has 0 heterocycles. The van der Waals surface area contributed by atoms with Crippen molar-refractivity contribution in [1.82, 2.24) is 0 Å². The van der Waals surface area contributed by atoms with Crippen molar-refractivity contribution in [3.05, 3.63) is 29.3 Å². The highest BCUT2D eigenvalue weighted by Crippen LogP contribution is 2.30. The fourth-order valence-corrected chi connectivity index (χ4v) is 2.46. The zero-order chi connectivity index (χ0) is 13.1. The summed E-state index contributed by atoms with van der Waals surface area (Å²) in [5, 5.41) is 9.25. The van der Waals surface area contributed by atoms with Crippen LogP contribution in [0, 0.1) is 18.3 Å². The van der Waals surface area contributed by atoms with Gasteiger partial charge in [-0.25, -0.2) is 0 Å². The van der Waals surface area contributed by atoms with Crippen LogP contribution in [-0.4, -0.2) is 15.4 Å². The molecule has 1 rings (SSSR count). The molecule has 17 heavy (non-hydrogen) atoms. The van der Waals surface area contributed by atoms with Gasteiger partial charge in [0.2, 0.25) is 0 Å². The SMILES string of the molecule is COc1ccc(C)cc1[C@H](C#N)O[Si](C)(C)C. The summed E-state index contributed by atoms with van der Waals surface area (Å²) in [6.45, 7) is 8.20. The maximum Gasteiger partial charge on any atom is 0.186 e. The predicted octanol–water partition coefficient (Wildman–Crippen LogP) is 3.42. The van der Waals surface area contributed by atoms with Crippen LogP contribution >= 0.6 is 0 Å². The number of rotatable bonds is 4. The van der Waals surface area contributed by atoms with Gasteiger partial charge in [-0.15, -0.1) is 0 Å². The summed E-state index contributed by atoms with van der Waals surface area (Å²) in [5.41, 5.74) is 1.91. The van der Waals surface area contributed by atoms with Gasteiger partial charge < -0.3 is 9.16 Å². The number of nitrogens with zero attached hydrogens (tertiary/aromatic N) is 1. The molecule has 1 aromatic carbocycles. The molecule has 0 saturated carbocycles. The van der Waals surface area contributed by atoms with Gasteiger partial charge in [0.25, 0.3) is 0 Å². The molecule has 4 heteroatoms. The van der Waals surface area contributed by atoms with E-state index in [-0.39, 0.29) is 0 Å². The van der Waals surface area contributed by atoms with Crippen molar-refractivity contribution < 1.29 is 9.16 Å². The van der Waals surface area contributed by atoms with Crippen LogP contribution in [0.3, 0.4) is 0 Å². The molecular weight excluding hydrogens is 230 g/mol. The molecule has 1 atom stereocenters. The number of hydrogen-bond donors (Lipinski definition) is 0. The van der Waals surface area contributed by atoms with Crippen molar-refractivity contribution in [2.24, 2.45) is 0 Å². The maximum absolute atomic E-state index is 9.25. The largest absolute Gasteiger partial charge is 0.496 e. The third kappa shape index (κ3) is 3.88. The molecule has 0 fully saturated rings. The van der Waals surface area contributed by atoms with E-state index in [0.29, 0.717) is 5.75 Å². The minimum atomic E-state index is -1.76. The number of aryl methyl sites for hydroxylation is 1. The molecule has 0 amide bonds. The van der Waals surface area contributed by atoms with Gasteiger partial charge in [0.05, 0.1) is 13.2 Å². The quantitative estimate of drug-likeness (QED) is 0.768. The normalized spacial score (nSPS) is 12.9. The summed E-state index contributed by atoms with van der Waals surface area (Å²) >= 11 is 0. The van der Waals surface area contributed by atoms with E-state index >= 15 is 0 Å². The molecule has 0 spiro atoms. The highest BCUT2D eigenvalue weighted by atomic mass is 28.4. The van der Waals surface area contributed by atoms with Crippen molar-refractivity contribution >= 4 is 8.32 Å². The number of nitriles is 1. The number of benzene rings is 1. The van der Waals surface area contributed by atoms with Crippen molar-refractivity contribution in [2.75, 3.05) is 7.11 Å². The Morgan fingerprint density at radius 3 is 2.41 bits per heavy atom.